The highest BCUT2D eigenvalue weighted by molar-refractivity contribution is 6.05. The quantitative estimate of drug-likeness (QED) is 0.436. The number of anilines is 1. The second-order valence-electron chi connectivity index (χ2n) is 8.98. The molecule has 172 valence electrons. The molecule has 1 atom stereocenters. The third-order valence-electron chi connectivity index (χ3n) is 6.43. The van der Waals surface area contributed by atoms with Gasteiger partial charge in [-0.2, -0.15) is 0 Å². The van der Waals surface area contributed by atoms with Crippen LogP contribution in [0.3, 0.4) is 0 Å². The molecule has 0 saturated carbocycles. The number of hydrogen-bond donors (Lipinski definition) is 0. The minimum Gasteiger partial charge on any atom is -0.495 e. The number of benzene rings is 3. The van der Waals surface area contributed by atoms with Crippen molar-refractivity contribution >= 4 is 22.5 Å². The number of fused-ring (bicyclic) bond motifs is 2. The summed E-state index contributed by atoms with van der Waals surface area (Å²) in [5.41, 5.74) is 4.05. The molecule has 0 radical (unpaired) electrons. The number of carbonyl (C=O) groups excluding carboxylic acids is 1. The Morgan fingerprint density at radius 2 is 1.71 bits per heavy atom. The Balaban J connectivity index is 1.73. The van der Waals surface area contributed by atoms with Crippen molar-refractivity contribution in [1.82, 2.24) is 9.55 Å². The summed E-state index contributed by atoms with van der Waals surface area (Å²) in [4.78, 5) is 34.1. The van der Waals surface area contributed by atoms with Crippen molar-refractivity contribution in [2.75, 3.05) is 12.0 Å². The van der Waals surface area contributed by atoms with Crippen LogP contribution < -0.4 is 15.2 Å². The Morgan fingerprint density at radius 3 is 2.47 bits per heavy atom. The molecule has 0 unspecified atom stereocenters. The van der Waals surface area contributed by atoms with E-state index < -0.39 is 5.92 Å². The van der Waals surface area contributed by atoms with Crippen molar-refractivity contribution in [2.24, 2.45) is 0 Å². The molecule has 0 spiro atoms. The summed E-state index contributed by atoms with van der Waals surface area (Å²) >= 11 is 0. The van der Waals surface area contributed by atoms with Crippen LogP contribution in [-0.4, -0.2) is 28.6 Å². The van der Waals surface area contributed by atoms with E-state index in [0.29, 0.717) is 34.6 Å². The van der Waals surface area contributed by atoms with Crippen LogP contribution in [-0.2, 0) is 11.2 Å². The average Bonchev–Trinajstić information content (AvgIpc) is 3.10. The summed E-state index contributed by atoms with van der Waals surface area (Å²) in [6.45, 7) is 6.06. The molecule has 3 aromatic carbocycles. The third-order valence-corrected chi connectivity index (χ3v) is 6.43. The highest BCUT2D eigenvalue weighted by Gasteiger charge is 2.39. The van der Waals surface area contributed by atoms with Crippen molar-refractivity contribution in [1.29, 1.82) is 0 Å². The van der Waals surface area contributed by atoms with Crippen LogP contribution in [0.4, 0.5) is 5.69 Å². The van der Waals surface area contributed by atoms with Gasteiger partial charge in [0.1, 0.15) is 11.6 Å². The minimum absolute atomic E-state index is 0.0277. The predicted octanol–water partition coefficient (Wildman–Crippen LogP) is 4.78. The monoisotopic (exact) mass is 453 g/mol. The predicted molar refractivity (Wildman–Crippen MR) is 134 cm³/mol. The van der Waals surface area contributed by atoms with Gasteiger partial charge in [-0.3, -0.25) is 14.2 Å². The fourth-order valence-corrected chi connectivity index (χ4v) is 4.88. The van der Waals surface area contributed by atoms with E-state index in [4.69, 9.17) is 9.72 Å². The van der Waals surface area contributed by atoms with Crippen LogP contribution in [0.2, 0.25) is 0 Å². The fraction of sp³-hybridized carbons (Fsp3) is 0.250. The van der Waals surface area contributed by atoms with Crippen LogP contribution >= 0.6 is 0 Å². The zero-order chi connectivity index (χ0) is 24.0. The number of aryl methyl sites for hydroxylation is 1. The van der Waals surface area contributed by atoms with Gasteiger partial charge >= 0.3 is 0 Å². The number of para-hydroxylation sites is 3. The molecule has 0 aliphatic carbocycles. The number of carbonyl (C=O) groups is 1. The standard InChI is InChI=1S/C28H27N3O3/c1-17(2)30-23-14-13-18(3)15-20(23)21(28(30)33)16-26-29-22-10-6-5-9-19(22)27(32)31(26)24-11-7-8-12-25(24)34-4/h5-15,17,21H,16H2,1-4H3/t21-/m1/s1. The van der Waals surface area contributed by atoms with Gasteiger partial charge in [0.2, 0.25) is 5.91 Å². The SMILES string of the molecule is COc1ccccc1-n1c(C[C@H]2C(=O)N(C(C)C)c3ccc(C)cc32)nc2ccccc2c1=O. The molecule has 5 rings (SSSR count). The van der Waals surface area contributed by atoms with E-state index in [1.165, 1.54) is 0 Å². The van der Waals surface area contributed by atoms with E-state index in [1.54, 1.807) is 17.7 Å². The number of ether oxygens (including phenoxy) is 1. The third kappa shape index (κ3) is 3.46. The van der Waals surface area contributed by atoms with E-state index in [1.807, 2.05) is 80.3 Å². The summed E-state index contributed by atoms with van der Waals surface area (Å²) in [5.74, 6) is 0.709. The summed E-state index contributed by atoms with van der Waals surface area (Å²) in [6.07, 6.45) is 0.302. The van der Waals surface area contributed by atoms with Gasteiger partial charge in [-0.1, -0.05) is 42.0 Å². The number of methoxy groups -OCH3 is 1. The molecule has 34 heavy (non-hydrogen) atoms. The maximum absolute atomic E-state index is 13.7. The van der Waals surface area contributed by atoms with Crippen molar-refractivity contribution in [3.05, 3.63) is 94.0 Å². The Hall–Kier alpha value is -3.93. The largest absolute Gasteiger partial charge is 0.495 e. The second kappa shape index (κ2) is 8.45. The van der Waals surface area contributed by atoms with Gasteiger partial charge < -0.3 is 9.64 Å². The smallest absolute Gasteiger partial charge is 0.266 e. The Kier molecular flexibility index (Phi) is 5.44. The molecule has 1 aliphatic rings. The van der Waals surface area contributed by atoms with E-state index in [9.17, 15) is 9.59 Å². The molecule has 4 aromatic rings. The number of rotatable bonds is 5. The maximum atomic E-state index is 13.7. The maximum Gasteiger partial charge on any atom is 0.266 e. The molecule has 6 nitrogen and oxygen atoms in total. The number of amides is 1. The van der Waals surface area contributed by atoms with Crippen molar-refractivity contribution in [2.45, 2.75) is 39.2 Å². The van der Waals surface area contributed by atoms with Gasteiger partial charge in [-0.25, -0.2) is 4.98 Å². The summed E-state index contributed by atoms with van der Waals surface area (Å²) < 4.78 is 7.17. The highest BCUT2D eigenvalue weighted by Crippen LogP contribution is 2.41. The lowest BCUT2D eigenvalue weighted by atomic mass is 9.95. The summed E-state index contributed by atoms with van der Waals surface area (Å²) in [6, 6.07) is 20.9. The topological polar surface area (TPSA) is 64.4 Å². The lowest BCUT2D eigenvalue weighted by molar-refractivity contribution is -0.119. The molecule has 0 N–H and O–H groups in total. The molecule has 2 heterocycles. The first-order valence-electron chi connectivity index (χ1n) is 11.5. The van der Waals surface area contributed by atoms with E-state index in [2.05, 4.69) is 6.07 Å². The first-order chi connectivity index (χ1) is 16.4. The van der Waals surface area contributed by atoms with E-state index in [0.717, 1.165) is 16.8 Å². The Morgan fingerprint density at radius 1 is 0.971 bits per heavy atom. The first kappa shape index (κ1) is 21.9. The average molecular weight is 454 g/mol. The van der Waals surface area contributed by atoms with Crippen LogP contribution in [0.25, 0.3) is 16.6 Å². The lowest BCUT2D eigenvalue weighted by Crippen LogP contribution is -2.36. The van der Waals surface area contributed by atoms with Crippen molar-refractivity contribution < 1.29 is 9.53 Å². The molecule has 0 fully saturated rings. The molecular formula is C28H27N3O3. The van der Waals surface area contributed by atoms with E-state index in [-0.39, 0.29) is 17.5 Å². The van der Waals surface area contributed by atoms with Crippen molar-refractivity contribution in [3.8, 4) is 11.4 Å². The first-order valence-corrected chi connectivity index (χ1v) is 11.5. The van der Waals surface area contributed by atoms with Gasteiger partial charge in [0.25, 0.3) is 5.56 Å². The number of nitrogens with zero attached hydrogens (tertiary/aromatic N) is 3. The second-order valence-corrected chi connectivity index (χ2v) is 8.98. The molecule has 1 amide bonds. The molecule has 1 aliphatic heterocycles. The van der Waals surface area contributed by atoms with Gasteiger partial charge in [0.05, 0.1) is 29.6 Å². The minimum atomic E-state index is -0.425. The van der Waals surface area contributed by atoms with Gasteiger partial charge in [-0.15, -0.1) is 0 Å². The molecule has 0 saturated heterocycles. The Bertz CT molecular complexity index is 1470. The fourth-order valence-electron chi connectivity index (χ4n) is 4.88. The van der Waals surface area contributed by atoms with Gasteiger partial charge in [0, 0.05) is 18.2 Å². The van der Waals surface area contributed by atoms with Gasteiger partial charge in [-0.05, 0) is 56.7 Å². The number of aromatic nitrogens is 2. The summed E-state index contributed by atoms with van der Waals surface area (Å²) in [7, 11) is 1.58. The van der Waals surface area contributed by atoms with Crippen LogP contribution in [0.5, 0.6) is 5.75 Å². The lowest BCUT2D eigenvalue weighted by Gasteiger charge is -2.23. The summed E-state index contributed by atoms with van der Waals surface area (Å²) in [5, 5.41) is 0.523. The molecule has 1 aromatic heterocycles. The van der Waals surface area contributed by atoms with Crippen molar-refractivity contribution in [3.63, 3.8) is 0 Å². The molecule has 0 bridgehead atoms. The highest BCUT2D eigenvalue weighted by atomic mass is 16.5. The molecule has 6 heteroatoms. The number of hydrogen-bond acceptors (Lipinski definition) is 4. The van der Waals surface area contributed by atoms with Crippen LogP contribution in [0.15, 0.2) is 71.5 Å². The van der Waals surface area contributed by atoms with E-state index >= 15 is 0 Å². The zero-order valence-electron chi connectivity index (χ0n) is 19.8. The van der Waals surface area contributed by atoms with Crippen LogP contribution in [0.1, 0.15) is 36.7 Å². The van der Waals surface area contributed by atoms with Crippen LogP contribution in [0, 0.1) is 6.92 Å². The van der Waals surface area contributed by atoms with Gasteiger partial charge in [0.15, 0.2) is 0 Å². The zero-order valence-corrected chi connectivity index (χ0v) is 19.8. The normalized spacial score (nSPS) is 15.3. The Labute approximate surface area is 198 Å². The molecular weight excluding hydrogens is 426 g/mol.